The van der Waals surface area contributed by atoms with Crippen LogP contribution in [0.15, 0.2) is 0 Å². The molecule has 1 aliphatic heterocycles. The molecule has 0 saturated carbocycles. The van der Waals surface area contributed by atoms with Gasteiger partial charge in [0, 0.05) is 6.54 Å². The second-order valence-electron chi connectivity index (χ2n) is 4.15. The van der Waals surface area contributed by atoms with E-state index < -0.39 is 0 Å². The molecule has 1 heterocycles. The predicted octanol–water partition coefficient (Wildman–Crippen LogP) is 0.463. The summed E-state index contributed by atoms with van der Waals surface area (Å²) >= 11 is 0. The molecule has 0 aromatic rings. The highest BCUT2D eigenvalue weighted by Crippen LogP contribution is 2.05. The van der Waals surface area contributed by atoms with Crippen LogP contribution in [0.2, 0.25) is 0 Å². The molecule has 3 heteroatoms. The van der Waals surface area contributed by atoms with Crippen molar-refractivity contribution in [3.63, 3.8) is 0 Å². The van der Waals surface area contributed by atoms with Crippen molar-refractivity contribution in [1.29, 1.82) is 0 Å². The molecular weight excluding hydrogens is 164 g/mol. The number of nitrogens with zero attached hydrogens (tertiary/aromatic N) is 1. The SMILES string of the molecule is CCCNCC[N+]1(C)CCOCC1. The minimum atomic E-state index is 0.935. The standard InChI is InChI=1S/C10H23N2O/c1-3-4-11-5-6-12(2)7-9-13-10-8-12/h11H,3-10H2,1-2H3/q+1. The van der Waals surface area contributed by atoms with E-state index in [4.69, 9.17) is 4.74 Å². The van der Waals surface area contributed by atoms with Crippen molar-refractivity contribution in [2.75, 3.05) is 53.0 Å². The van der Waals surface area contributed by atoms with Crippen LogP contribution in [0.1, 0.15) is 13.3 Å². The van der Waals surface area contributed by atoms with E-state index in [1.54, 1.807) is 0 Å². The summed E-state index contributed by atoms with van der Waals surface area (Å²) in [5.41, 5.74) is 0. The lowest BCUT2D eigenvalue weighted by molar-refractivity contribution is -0.915. The van der Waals surface area contributed by atoms with Crippen molar-refractivity contribution >= 4 is 0 Å². The Hall–Kier alpha value is -0.120. The first-order valence-corrected chi connectivity index (χ1v) is 5.39. The molecule has 0 atom stereocenters. The zero-order valence-corrected chi connectivity index (χ0v) is 9.01. The van der Waals surface area contributed by atoms with Gasteiger partial charge in [-0.25, -0.2) is 0 Å². The van der Waals surface area contributed by atoms with E-state index in [9.17, 15) is 0 Å². The Labute approximate surface area is 81.7 Å². The van der Waals surface area contributed by atoms with Gasteiger partial charge in [-0.1, -0.05) is 6.92 Å². The lowest BCUT2D eigenvalue weighted by Crippen LogP contribution is -2.54. The smallest absolute Gasteiger partial charge is 0.102 e. The van der Waals surface area contributed by atoms with Crippen molar-refractivity contribution in [3.05, 3.63) is 0 Å². The van der Waals surface area contributed by atoms with Gasteiger partial charge in [0.15, 0.2) is 0 Å². The molecule has 0 aromatic heterocycles. The first kappa shape index (κ1) is 11.0. The van der Waals surface area contributed by atoms with Gasteiger partial charge in [0.05, 0.1) is 26.8 Å². The second-order valence-corrected chi connectivity index (χ2v) is 4.15. The summed E-state index contributed by atoms with van der Waals surface area (Å²) in [6.45, 7) is 9.96. The van der Waals surface area contributed by atoms with E-state index >= 15 is 0 Å². The first-order valence-electron chi connectivity index (χ1n) is 5.39. The number of ether oxygens (including phenoxy) is 1. The number of morpholine rings is 1. The number of hydrogen-bond acceptors (Lipinski definition) is 2. The minimum Gasteiger partial charge on any atom is -0.370 e. The van der Waals surface area contributed by atoms with E-state index in [0.717, 1.165) is 26.3 Å². The maximum Gasteiger partial charge on any atom is 0.102 e. The van der Waals surface area contributed by atoms with Gasteiger partial charge in [-0.2, -0.15) is 0 Å². The number of nitrogens with one attached hydrogen (secondary N) is 1. The predicted molar refractivity (Wildman–Crippen MR) is 54.8 cm³/mol. The van der Waals surface area contributed by atoms with Crippen LogP contribution < -0.4 is 5.32 Å². The van der Waals surface area contributed by atoms with Crippen molar-refractivity contribution < 1.29 is 9.22 Å². The summed E-state index contributed by atoms with van der Waals surface area (Å²) in [4.78, 5) is 0. The Kier molecular flexibility index (Phi) is 4.70. The fourth-order valence-corrected chi connectivity index (χ4v) is 1.66. The summed E-state index contributed by atoms with van der Waals surface area (Å²) in [6.07, 6.45) is 1.23. The Morgan fingerprint density at radius 1 is 1.23 bits per heavy atom. The molecule has 3 nitrogen and oxygen atoms in total. The van der Waals surface area contributed by atoms with Crippen molar-refractivity contribution in [2.24, 2.45) is 0 Å². The van der Waals surface area contributed by atoms with Crippen molar-refractivity contribution in [1.82, 2.24) is 5.32 Å². The molecule has 0 amide bonds. The van der Waals surface area contributed by atoms with E-state index in [1.165, 1.54) is 30.5 Å². The minimum absolute atomic E-state index is 0.935. The largest absolute Gasteiger partial charge is 0.370 e. The van der Waals surface area contributed by atoms with Gasteiger partial charge < -0.3 is 14.5 Å². The Balaban J connectivity index is 2.10. The lowest BCUT2D eigenvalue weighted by atomic mass is 10.3. The van der Waals surface area contributed by atoms with E-state index in [0.29, 0.717) is 0 Å². The van der Waals surface area contributed by atoms with Crippen LogP contribution in [-0.4, -0.2) is 57.5 Å². The molecule has 1 saturated heterocycles. The molecule has 78 valence electrons. The van der Waals surface area contributed by atoms with Crippen molar-refractivity contribution in [2.45, 2.75) is 13.3 Å². The number of rotatable bonds is 5. The average Bonchev–Trinajstić information content (AvgIpc) is 2.14. The number of likely N-dealkylation sites (N-methyl/N-ethyl adjacent to an activating group) is 1. The summed E-state index contributed by atoms with van der Waals surface area (Å²) in [7, 11) is 2.33. The normalized spacial score (nSPS) is 21.7. The summed E-state index contributed by atoms with van der Waals surface area (Å²) in [6, 6.07) is 0. The first-order chi connectivity index (χ1) is 6.27. The monoisotopic (exact) mass is 187 g/mol. The van der Waals surface area contributed by atoms with Gasteiger partial charge in [0.1, 0.15) is 13.1 Å². The third-order valence-electron chi connectivity index (χ3n) is 2.81. The molecule has 1 rings (SSSR count). The van der Waals surface area contributed by atoms with Gasteiger partial charge in [-0.3, -0.25) is 0 Å². The van der Waals surface area contributed by atoms with Crippen LogP contribution >= 0.6 is 0 Å². The van der Waals surface area contributed by atoms with Crippen molar-refractivity contribution in [3.8, 4) is 0 Å². The third-order valence-corrected chi connectivity index (χ3v) is 2.81. The summed E-state index contributed by atoms with van der Waals surface area (Å²) in [5, 5.41) is 3.45. The van der Waals surface area contributed by atoms with Crippen LogP contribution in [0.3, 0.4) is 0 Å². The molecular formula is C10H23N2O+. The van der Waals surface area contributed by atoms with Crippen LogP contribution in [0.4, 0.5) is 0 Å². The van der Waals surface area contributed by atoms with Crippen LogP contribution in [0.25, 0.3) is 0 Å². The molecule has 0 bridgehead atoms. The van der Waals surface area contributed by atoms with Gasteiger partial charge in [0.25, 0.3) is 0 Å². The Morgan fingerprint density at radius 3 is 2.54 bits per heavy atom. The number of quaternary nitrogens is 1. The molecule has 1 fully saturated rings. The maximum absolute atomic E-state index is 5.36. The van der Waals surface area contributed by atoms with Gasteiger partial charge in [-0.05, 0) is 13.0 Å². The molecule has 1 N–H and O–H groups in total. The topological polar surface area (TPSA) is 21.3 Å². The lowest BCUT2D eigenvalue weighted by Gasteiger charge is -2.37. The third kappa shape index (κ3) is 4.07. The summed E-state index contributed by atoms with van der Waals surface area (Å²) in [5.74, 6) is 0. The molecule has 1 aliphatic rings. The average molecular weight is 187 g/mol. The molecule has 13 heavy (non-hydrogen) atoms. The van der Waals surface area contributed by atoms with Gasteiger partial charge in [0.2, 0.25) is 0 Å². The highest BCUT2D eigenvalue weighted by molar-refractivity contribution is 4.50. The van der Waals surface area contributed by atoms with Gasteiger partial charge >= 0.3 is 0 Å². The van der Waals surface area contributed by atoms with Crippen LogP contribution in [0, 0.1) is 0 Å². The second kappa shape index (κ2) is 5.58. The van der Waals surface area contributed by atoms with E-state index in [1.807, 2.05) is 0 Å². The zero-order chi connectivity index (χ0) is 9.57. The molecule has 0 radical (unpaired) electrons. The molecule has 0 aromatic carbocycles. The Bertz CT molecular complexity index is 133. The van der Waals surface area contributed by atoms with Gasteiger partial charge in [-0.15, -0.1) is 0 Å². The van der Waals surface area contributed by atoms with E-state index in [2.05, 4.69) is 19.3 Å². The summed E-state index contributed by atoms with van der Waals surface area (Å²) < 4.78 is 6.53. The fourth-order valence-electron chi connectivity index (χ4n) is 1.66. The Morgan fingerprint density at radius 2 is 1.92 bits per heavy atom. The highest BCUT2D eigenvalue weighted by Gasteiger charge is 2.23. The zero-order valence-electron chi connectivity index (χ0n) is 9.01. The van der Waals surface area contributed by atoms with Crippen LogP contribution in [-0.2, 0) is 4.74 Å². The fraction of sp³-hybridized carbons (Fsp3) is 1.00. The number of hydrogen-bond donors (Lipinski definition) is 1. The molecule has 0 unspecified atom stereocenters. The quantitative estimate of drug-likeness (QED) is 0.499. The molecule has 0 spiro atoms. The highest BCUT2D eigenvalue weighted by atomic mass is 16.5. The van der Waals surface area contributed by atoms with E-state index in [-0.39, 0.29) is 0 Å². The molecule has 0 aliphatic carbocycles. The maximum atomic E-state index is 5.36. The van der Waals surface area contributed by atoms with Crippen LogP contribution in [0.5, 0.6) is 0 Å².